The molecule has 6 heteroatoms. The molecule has 1 amide bonds. The number of aliphatic hydroxyl groups is 1. The highest BCUT2D eigenvalue weighted by Crippen LogP contribution is 2.37. The molecule has 0 saturated heterocycles. The quantitative estimate of drug-likeness (QED) is 0.762. The summed E-state index contributed by atoms with van der Waals surface area (Å²) in [5.74, 6) is 1.18. The molecule has 1 aliphatic carbocycles. The first-order valence-electron chi connectivity index (χ1n) is 5.43. The normalized spacial score (nSPS) is 17.2. The van der Waals surface area contributed by atoms with E-state index in [4.69, 9.17) is 5.11 Å². The van der Waals surface area contributed by atoms with E-state index < -0.39 is 0 Å². The summed E-state index contributed by atoms with van der Waals surface area (Å²) < 4.78 is 0. The topological polar surface area (TPSA) is 82.1 Å². The molecule has 1 heterocycles. The zero-order chi connectivity index (χ0) is 11.7. The van der Waals surface area contributed by atoms with Crippen LogP contribution in [0.15, 0.2) is 0 Å². The number of aromatic nitrogens is 3. The Labute approximate surface area is 93.7 Å². The van der Waals surface area contributed by atoms with E-state index in [2.05, 4.69) is 15.2 Å². The van der Waals surface area contributed by atoms with Gasteiger partial charge in [0.25, 0.3) is 5.91 Å². The largest absolute Gasteiger partial charge is 0.394 e. The van der Waals surface area contributed by atoms with Crippen LogP contribution in [0.5, 0.6) is 0 Å². The summed E-state index contributed by atoms with van der Waals surface area (Å²) in [5.41, 5.74) is 0. The van der Waals surface area contributed by atoms with Crippen LogP contribution in [0.3, 0.4) is 0 Å². The molecule has 1 aromatic heterocycles. The molecule has 6 nitrogen and oxygen atoms in total. The maximum absolute atomic E-state index is 11.9. The van der Waals surface area contributed by atoms with Gasteiger partial charge >= 0.3 is 0 Å². The first kappa shape index (κ1) is 11.1. The van der Waals surface area contributed by atoms with Crippen molar-refractivity contribution in [3.05, 3.63) is 11.6 Å². The summed E-state index contributed by atoms with van der Waals surface area (Å²) >= 11 is 0. The van der Waals surface area contributed by atoms with Crippen LogP contribution >= 0.6 is 0 Å². The van der Waals surface area contributed by atoms with E-state index in [9.17, 15) is 4.79 Å². The molecule has 1 aliphatic rings. The minimum atomic E-state index is -0.260. The smallest absolute Gasteiger partial charge is 0.293 e. The van der Waals surface area contributed by atoms with Crippen molar-refractivity contribution < 1.29 is 9.90 Å². The van der Waals surface area contributed by atoms with Crippen molar-refractivity contribution in [2.24, 2.45) is 0 Å². The summed E-state index contributed by atoms with van der Waals surface area (Å²) in [6.45, 7) is 1.70. The van der Waals surface area contributed by atoms with Gasteiger partial charge in [-0.05, 0) is 19.8 Å². The van der Waals surface area contributed by atoms with Gasteiger partial charge in [0, 0.05) is 13.0 Å². The number of carbonyl (C=O) groups is 1. The molecule has 2 rings (SSSR count). The first-order chi connectivity index (χ1) is 7.63. The van der Waals surface area contributed by atoms with Crippen LogP contribution in [0.4, 0.5) is 0 Å². The third-order valence-electron chi connectivity index (χ3n) is 2.90. The number of hydrogen-bond acceptors (Lipinski definition) is 4. The van der Waals surface area contributed by atoms with Gasteiger partial charge in [-0.25, -0.2) is 4.98 Å². The predicted molar refractivity (Wildman–Crippen MR) is 57.0 cm³/mol. The lowest BCUT2D eigenvalue weighted by molar-refractivity contribution is 0.0670. The van der Waals surface area contributed by atoms with E-state index in [1.54, 1.807) is 14.0 Å². The average molecular weight is 224 g/mol. The number of hydrogen-bond donors (Lipinski definition) is 2. The highest BCUT2D eigenvalue weighted by atomic mass is 16.3. The standard InChI is InChI=1S/C10H16N4O2/c1-6(5-15)14(2)10(16)9-11-8(12-13-9)7-3-4-7/h6-7,15H,3-5H2,1-2H3,(H,11,12,13). The van der Waals surface area contributed by atoms with E-state index in [0.29, 0.717) is 5.92 Å². The van der Waals surface area contributed by atoms with E-state index in [0.717, 1.165) is 18.7 Å². The van der Waals surface area contributed by atoms with Gasteiger partial charge in [-0.3, -0.25) is 9.89 Å². The van der Waals surface area contributed by atoms with Gasteiger partial charge in [-0.15, -0.1) is 5.10 Å². The maximum Gasteiger partial charge on any atom is 0.293 e. The van der Waals surface area contributed by atoms with Crippen LogP contribution in [0.1, 0.15) is 42.1 Å². The minimum Gasteiger partial charge on any atom is -0.394 e. The van der Waals surface area contributed by atoms with Gasteiger partial charge < -0.3 is 10.0 Å². The first-order valence-corrected chi connectivity index (χ1v) is 5.43. The van der Waals surface area contributed by atoms with Crippen LogP contribution in [-0.2, 0) is 0 Å². The third-order valence-corrected chi connectivity index (χ3v) is 2.90. The lowest BCUT2D eigenvalue weighted by Crippen LogP contribution is -2.37. The highest BCUT2D eigenvalue weighted by Gasteiger charge is 2.29. The fourth-order valence-corrected chi connectivity index (χ4v) is 1.39. The molecule has 88 valence electrons. The molecule has 1 saturated carbocycles. The lowest BCUT2D eigenvalue weighted by Gasteiger charge is -2.21. The van der Waals surface area contributed by atoms with E-state index >= 15 is 0 Å². The highest BCUT2D eigenvalue weighted by molar-refractivity contribution is 5.90. The Hall–Kier alpha value is -1.43. The maximum atomic E-state index is 11.9. The number of amides is 1. The SMILES string of the molecule is CC(CO)N(C)C(=O)c1n[nH]c(C2CC2)n1. The summed E-state index contributed by atoms with van der Waals surface area (Å²) in [6.07, 6.45) is 2.23. The minimum absolute atomic E-state index is 0.0673. The molecule has 0 radical (unpaired) electrons. The van der Waals surface area contributed by atoms with Crippen molar-refractivity contribution >= 4 is 5.91 Å². The van der Waals surface area contributed by atoms with Crippen LogP contribution in [0, 0.1) is 0 Å². The zero-order valence-corrected chi connectivity index (χ0v) is 9.47. The van der Waals surface area contributed by atoms with Gasteiger partial charge in [-0.2, -0.15) is 0 Å². The Bertz CT molecular complexity index is 386. The van der Waals surface area contributed by atoms with E-state index in [-0.39, 0.29) is 24.4 Å². The van der Waals surface area contributed by atoms with Gasteiger partial charge in [0.2, 0.25) is 5.82 Å². The lowest BCUT2D eigenvalue weighted by atomic mass is 10.3. The van der Waals surface area contributed by atoms with Crippen molar-refractivity contribution in [1.29, 1.82) is 0 Å². The average Bonchev–Trinajstić information content (AvgIpc) is 3.04. The number of rotatable bonds is 4. The fraction of sp³-hybridized carbons (Fsp3) is 0.700. The van der Waals surface area contributed by atoms with Crippen molar-refractivity contribution in [2.45, 2.75) is 31.7 Å². The molecule has 1 aromatic rings. The van der Waals surface area contributed by atoms with Gasteiger partial charge in [-0.1, -0.05) is 0 Å². The van der Waals surface area contributed by atoms with Crippen LogP contribution in [0.2, 0.25) is 0 Å². The number of aliphatic hydroxyl groups excluding tert-OH is 1. The number of carbonyl (C=O) groups excluding carboxylic acids is 1. The molecule has 16 heavy (non-hydrogen) atoms. The third kappa shape index (κ3) is 2.06. The monoisotopic (exact) mass is 224 g/mol. The summed E-state index contributed by atoms with van der Waals surface area (Å²) in [4.78, 5) is 17.5. The molecule has 1 atom stereocenters. The summed E-state index contributed by atoms with van der Waals surface area (Å²) in [7, 11) is 1.64. The Morgan fingerprint density at radius 2 is 2.38 bits per heavy atom. The van der Waals surface area contributed by atoms with E-state index in [1.165, 1.54) is 4.90 Å². The second-order valence-electron chi connectivity index (χ2n) is 4.27. The van der Waals surface area contributed by atoms with Crippen LogP contribution in [0.25, 0.3) is 0 Å². The Balaban J connectivity index is 2.07. The molecule has 0 aromatic carbocycles. The molecule has 0 aliphatic heterocycles. The Morgan fingerprint density at radius 1 is 1.69 bits per heavy atom. The predicted octanol–water partition coefficient (Wildman–Crippen LogP) is 0.135. The molecular formula is C10H16N4O2. The molecular weight excluding hydrogens is 208 g/mol. The number of H-pyrrole nitrogens is 1. The number of likely N-dealkylation sites (N-methyl/N-ethyl adjacent to an activating group) is 1. The second-order valence-corrected chi connectivity index (χ2v) is 4.27. The Morgan fingerprint density at radius 3 is 2.94 bits per heavy atom. The van der Waals surface area contributed by atoms with Crippen molar-refractivity contribution in [1.82, 2.24) is 20.1 Å². The van der Waals surface area contributed by atoms with Crippen LogP contribution < -0.4 is 0 Å². The van der Waals surface area contributed by atoms with Crippen LogP contribution in [-0.4, -0.2) is 50.8 Å². The molecule has 0 bridgehead atoms. The molecule has 2 N–H and O–H groups in total. The summed E-state index contributed by atoms with van der Waals surface area (Å²) in [6, 6.07) is -0.227. The number of nitrogens with one attached hydrogen (secondary N) is 1. The molecule has 1 fully saturated rings. The van der Waals surface area contributed by atoms with Crippen molar-refractivity contribution in [3.8, 4) is 0 Å². The molecule has 1 unspecified atom stereocenters. The van der Waals surface area contributed by atoms with Gasteiger partial charge in [0.05, 0.1) is 12.6 Å². The number of nitrogens with zero attached hydrogens (tertiary/aromatic N) is 3. The fourth-order valence-electron chi connectivity index (χ4n) is 1.39. The zero-order valence-electron chi connectivity index (χ0n) is 9.47. The van der Waals surface area contributed by atoms with Gasteiger partial charge in [0.15, 0.2) is 0 Å². The van der Waals surface area contributed by atoms with Gasteiger partial charge in [0.1, 0.15) is 5.82 Å². The van der Waals surface area contributed by atoms with Crippen molar-refractivity contribution in [3.63, 3.8) is 0 Å². The van der Waals surface area contributed by atoms with E-state index in [1.807, 2.05) is 0 Å². The molecule has 0 spiro atoms. The number of aromatic amines is 1. The van der Waals surface area contributed by atoms with Crippen molar-refractivity contribution in [2.75, 3.05) is 13.7 Å². The second kappa shape index (κ2) is 4.21. The summed E-state index contributed by atoms with van der Waals surface area (Å²) in [5, 5.41) is 15.7. The Kier molecular flexibility index (Phi) is 2.91.